The van der Waals surface area contributed by atoms with E-state index in [1.807, 2.05) is 36.4 Å². The zero-order chi connectivity index (χ0) is 14.9. The molecule has 0 aliphatic rings. The van der Waals surface area contributed by atoms with E-state index in [1.165, 1.54) is 0 Å². The molecule has 0 aliphatic carbocycles. The molecular formula is C16H16N4O. The van der Waals surface area contributed by atoms with Crippen molar-refractivity contribution in [2.45, 2.75) is 6.42 Å². The van der Waals surface area contributed by atoms with Crippen molar-refractivity contribution in [2.75, 3.05) is 18.4 Å². The average molecular weight is 280 g/mol. The van der Waals surface area contributed by atoms with Gasteiger partial charge in [-0.2, -0.15) is 5.26 Å². The van der Waals surface area contributed by atoms with Gasteiger partial charge in [0.25, 0.3) is 0 Å². The summed E-state index contributed by atoms with van der Waals surface area (Å²) in [6.07, 6.45) is 3.20. The summed E-state index contributed by atoms with van der Waals surface area (Å²) in [7, 11) is 0. The Morgan fingerprint density at radius 3 is 2.71 bits per heavy atom. The SMILES string of the molecule is N#Cc1cc(-c2ccccc2)cnc1NCCCNC=O. The highest BCUT2D eigenvalue weighted by atomic mass is 16.1. The molecule has 0 bridgehead atoms. The van der Waals surface area contributed by atoms with Crippen molar-refractivity contribution in [3.05, 3.63) is 48.2 Å². The number of hydrogen-bond donors (Lipinski definition) is 2. The quantitative estimate of drug-likeness (QED) is 0.602. The zero-order valence-corrected chi connectivity index (χ0v) is 11.5. The van der Waals surface area contributed by atoms with Crippen LogP contribution in [-0.2, 0) is 4.79 Å². The van der Waals surface area contributed by atoms with Gasteiger partial charge in [0.05, 0.1) is 5.56 Å². The summed E-state index contributed by atoms with van der Waals surface area (Å²) in [5.74, 6) is 0.572. The monoisotopic (exact) mass is 280 g/mol. The number of amides is 1. The molecule has 5 heteroatoms. The number of benzene rings is 1. The van der Waals surface area contributed by atoms with Gasteiger partial charge < -0.3 is 10.6 Å². The lowest BCUT2D eigenvalue weighted by Gasteiger charge is -2.09. The number of hydrogen-bond acceptors (Lipinski definition) is 4. The first kappa shape index (κ1) is 14.5. The topological polar surface area (TPSA) is 77.8 Å². The van der Waals surface area contributed by atoms with Crippen LogP contribution in [0.5, 0.6) is 0 Å². The van der Waals surface area contributed by atoms with Crippen LogP contribution in [0.25, 0.3) is 11.1 Å². The summed E-state index contributed by atoms with van der Waals surface area (Å²) < 4.78 is 0. The molecule has 2 N–H and O–H groups in total. The Labute approximate surface area is 123 Å². The van der Waals surface area contributed by atoms with Crippen LogP contribution in [-0.4, -0.2) is 24.5 Å². The van der Waals surface area contributed by atoms with E-state index in [0.717, 1.165) is 17.5 Å². The maximum Gasteiger partial charge on any atom is 0.207 e. The number of nitrogens with one attached hydrogen (secondary N) is 2. The highest BCUT2D eigenvalue weighted by Crippen LogP contribution is 2.22. The van der Waals surface area contributed by atoms with Crippen molar-refractivity contribution in [2.24, 2.45) is 0 Å². The van der Waals surface area contributed by atoms with Crippen LogP contribution in [0.4, 0.5) is 5.82 Å². The molecule has 1 heterocycles. The van der Waals surface area contributed by atoms with Crippen molar-refractivity contribution in [3.63, 3.8) is 0 Å². The molecule has 0 saturated carbocycles. The van der Waals surface area contributed by atoms with Crippen LogP contribution in [0.3, 0.4) is 0 Å². The van der Waals surface area contributed by atoms with Crippen LogP contribution in [0.2, 0.25) is 0 Å². The van der Waals surface area contributed by atoms with E-state index in [0.29, 0.717) is 30.9 Å². The Morgan fingerprint density at radius 1 is 1.19 bits per heavy atom. The largest absolute Gasteiger partial charge is 0.369 e. The van der Waals surface area contributed by atoms with Crippen molar-refractivity contribution >= 4 is 12.2 Å². The second-order valence-electron chi connectivity index (χ2n) is 4.45. The molecule has 0 saturated heterocycles. The molecule has 21 heavy (non-hydrogen) atoms. The molecule has 2 rings (SSSR count). The number of anilines is 1. The van der Waals surface area contributed by atoms with E-state index in [9.17, 15) is 10.1 Å². The van der Waals surface area contributed by atoms with E-state index in [-0.39, 0.29) is 0 Å². The van der Waals surface area contributed by atoms with Crippen LogP contribution < -0.4 is 10.6 Å². The van der Waals surface area contributed by atoms with Gasteiger partial charge in [0.2, 0.25) is 6.41 Å². The van der Waals surface area contributed by atoms with Gasteiger partial charge in [-0.15, -0.1) is 0 Å². The first-order valence-electron chi connectivity index (χ1n) is 6.71. The second kappa shape index (κ2) is 7.65. The summed E-state index contributed by atoms with van der Waals surface area (Å²) in [6.45, 7) is 1.24. The summed E-state index contributed by atoms with van der Waals surface area (Å²) in [4.78, 5) is 14.4. The molecule has 0 spiro atoms. The summed E-state index contributed by atoms with van der Waals surface area (Å²) in [5.41, 5.74) is 2.46. The zero-order valence-electron chi connectivity index (χ0n) is 11.5. The number of nitriles is 1. The first-order valence-corrected chi connectivity index (χ1v) is 6.71. The van der Waals surface area contributed by atoms with Crippen molar-refractivity contribution in [1.82, 2.24) is 10.3 Å². The third-order valence-electron chi connectivity index (χ3n) is 2.99. The number of nitrogens with zero attached hydrogens (tertiary/aromatic N) is 2. The average Bonchev–Trinajstić information content (AvgIpc) is 2.55. The molecule has 1 amide bonds. The normalized spacial score (nSPS) is 9.67. The van der Waals surface area contributed by atoms with Gasteiger partial charge in [-0.1, -0.05) is 30.3 Å². The molecule has 1 aromatic heterocycles. The minimum atomic E-state index is 0.514. The van der Waals surface area contributed by atoms with E-state index in [4.69, 9.17) is 0 Å². The lowest BCUT2D eigenvalue weighted by molar-refractivity contribution is -0.109. The Balaban J connectivity index is 2.07. The maximum absolute atomic E-state index is 10.1. The first-order chi connectivity index (χ1) is 10.3. The van der Waals surface area contributed by atoms with Crippen LogP contribution in [0.1, 0.15) is 12.0 Å². The third-order valence-corrected chi connectivity index (χ3v) is 2.99. The molecule has 0 atom stereocenters. The highest BCUT2D eigenvalue weighted by molar-refractivity contribution is 5.67. The van der Waals surface area contributed by atoms with Crippen molar-refractivity contribution in [3.8, 4) is 17.2 Å². The lowest BCUT2D eigenvalue weighted by Crippen LogP contribution is -2.16. The summed E-state index contributed by atoms with van der Waals surface area (Å²) in [6, 6.07) is 13.8. The number of carbonyl (C=O) groups is 1. The van der Waals surface area contributed by atoms with E-state index < -0.39 is 0 Å². The maximum atomic E-state index is 10.1. The van der Waals surface area contributed by atoms with Gasteiger partial charge >= 0.3 is 0 Å². The predicted octanol–water partition coefficient (Wildman–Crippen LogP) is 2.17. The van der Waals surface area contributed by atoms with E-state index in [1.54, 1.807) is 6.20 Å². The molecule has 5 nitrogen and oxygen atoms in total. The van der Waals surface area contributed by atoms with E-state index >= 15 is 0 Å². The van der Waals surface area contributed by atoms with Gasteiger partial charge in [-0.05, 0) is 18.1 Å². The lowest BCUT2D eigenvalue weighted by atomic mass is 10.1. The Hall–Kier alpha value is -2.87. The molecule has 0 aliphatic heterocycles. The molecule has 0 unspecified atom stereocenters. The van der Waals surface area contributed by atoms with Gasteiger partial charge in [0, 0.05) is 24.8 Å². The van der Waals surface area contributed by atoms with Gasteiger partial charge in [0.1, 0.15) is 11.9 Å². The van der Waals surface area contributed by atoms with Gasteiger partial charge in [-0.25, -0.2) is 4.98 Å². The minimum absolute atomic E-state index is 0.514. The van der Waals surface area contributed by atoms with Gasteiger partial charge in [-0.3, -0.25) is 4.79 Å². The molecular weight excluding hydrogens is 264 g/mol. The second-order valence-corrected chi connectivity index (χ2v) is 4.45. The number of pyridine rings is 1. The highest BCUT2D eigenvalue weighted by Gasteiger charge is 2.06. The summed E-state index contributed by atoms with van der Waals surface area (Å²) >= 11 is 0. The Kier molecular flexibility index (Phi) is 5.30. The van der Waals surface area contributed by atoms with Gasteiger partial charge in [0.15, 0.2) is 0 Å². The Morgan fingerprint density at radius 2 is 2.00 bits per heavy atom. The molecule has 1 aromatic carbocycles. The predicted molar refractivity (Wildman–Crippen MR) is 81.6 cm³/mol. The smallest absolute Gasteiger partial charge is 0.207 e. The molecule has 0 radical (unpaired) electrons. The number of aromatic nitrogens is 1. The molecule has 2 aromatic rings. The Bertz CT molecular complexity index is 634. The van der Waals surface area contributed by atoms with Crippen molar-refractivity contribution in [1.29, 1.82) is 5.26 Å². The fourth-order valence-electron chi connectivity index (χ4n) is 1.94. The fourth-order valence-corrected chi connectivity index (χ4v) is 1.94. The van der Waals surface area contributed by atoms with Crippen LogP contribution in [0, 0.1) is 11.3 Å². The van der Waals surface area contributed by atoms with Crippen molar-refractivity contribution < 1.29 is 4.79 Å². The molecule has 0 fully saturated rings. The van der Waals surface area contributed by atoms with E-state index in [2.05, 4.69) is 21.7 Å². The number of carbonyl (C=O) groups excluding carboxylic acids is 1. The van der Waals surface area contributed by atoms with Crippen LogP contribution >= 0.6 is 0 Å². The fraction of sp³-hybridized carbons (Fsp3) is 0.188. The third kappa shape index (κ3) is 4.05. The molecule has 106 valence electrons. The van der Waals surface area contributed by atoms with Crippen LogP contribution in [0.15, 0.2) is 42.6 Å². The standard InChI is InChI=1S/C16H16N4O/c17-10-14-9-15(13-5-2-1-3-6-13)11-20-16(14)19-8-4-7-18-12-21/h1-3,5-6,9,11-12H,4,7-8H2,(H,18,21)(H,19,20). The summed E-state index contributed by atoms with van der Waals surface area (Å²) in [5, 5.41) is 14.9. The minimum Gasteiger partial charge on any atom is -0.369 e. The number of rotatable bonds is 7.